The van der Waals surface area contributed by atoms with Gasteiger partial charge in [-0.15, -0.1) is 0 Å². The van der Waals surface area contributed by atoms with Gasteiger partial charge in [0.25, 0.3) is 5.91 Å². The van der Waals surface area contributed by atoms with Crippen LogP contribution in [0.4, 0.5) is 5.82 Å². The fourth-order valence-corrected chi connectivity index (χ4v) is 1.72. The number of hydrogen-bond donors (Lipinski definition) is 2. The number of rotatable bonds is 3. The number of nitrogens with one attached hydrogen (secondary N) is 2. The molecule has 0 atom stereocenters. The summed E-state index contributed by atoms with van der Waals surface area (Å²) >= 11 is 0. The molecule has 0 spiro atoms. The lowest BCUT2D eigenvalue weighted by atomic mass is 10.2. The van der Waals surface area contributed by atoms with Crippen molar-refractivity contribution < 1.29 is 4.79 Å². The number of amides is 1. The predicted molar refractivity (Wildman–Crippen MR) is 70.1 cm³/mol. The fourth-order valence-electron chi connectivity index (χ4n) is 1.72. The van der Waals surface area contributed by atoms with Gasteiger partial charge in [0.05, 0.1) is 12.5 Å². The normalized spacial score (nSPS) is 10.3. The molecule has 0 radical (unpaired) electrons. The predicted octanol–water partition coefficient (Wildman–Crippen LogP) is 1.85. The Balaban J connectivity index is 1.77. The van der Waals surface area contributed by atoms with Crippen molar-refractivity contribution in [3.05, 3.63) is 60.8 Å². The quantitative estimate of drug-likeness (QED) is 0.748. The van der Waals surface area contributed by atoms with Crippen molar-refractivity contribution in [3.63, 3.8) is 0 Å². The SMILES string of the molecule is O=C(Nc1ccn[nH]1)c1ccc(-n2ccnc2)cc1. The minimum absolute atomic E-state index is 0.179. The number of imidazole rings is 1. The lowest BCUT2D eigenvalue weighted by Crippen LogP contribution is -2.12. The van der Waals surface area contributed by atoms with Crippen molar-refractivity contribution in [2.75, 3.05) is 5.32 Å². The Kier molecular flexibility index (Phi) is 2.82. The molecule has 0 unspecified atom stereocenters. The first kappa shape index (κ1) is 11.2. The van der Waals surface area contributed by atoms with Gasteiger partial charge in [0.1, 0.15) is 5.82 Å². The van der Waals surface area contributed by atoms with E-state index >= 15 is 0 Å². The van der Waals surface area contributed by atoms with Crippen LogP contribution in [0.25, 0.3) is 5.69 Å². The van der Waals surface area contributed by atoms with E-state index in [0.717, 1.165) is 5.69 Å². The summed E-state index contributed by atoms with van der Waals surface area (Å²) in [6.45, 7) is 0. The van der Waals surface area contributed by atoms with Gasteiger partial charge in [-0.25, -0.2) is 4.98 Å². The summed E-state index contributed by atoms with van der Waals surface area (Å²) in [5.41, 5.74) is 1.54. The number of H-pyrrole nitrogens is 1. The molecule has 1 amide bonds. The van der Waals surface area contributed by atoms with Gasteiger partial charge in [-0.05, 0) is 24.3 Å². The summed E-state index contributed by atoms with van der Waals surface area (Å²) in [6.07, 6.45) is 6.84. The molecule has 0 bridgehead atoms. The van der Waals surface area contributed by atoms with Gasteiger partial charge >= 0.3 is 0 Å². The van der Waals surface area contributed by atoms with Crippen LogP contribution in [0.5, 0.6) is 0 Å². The van der Waals surface area contributed by atoms with Crippen LogP contribution in [0.2, 0.25) is 0 Å². The van der Waals surface area contributed by atoms with Gasteiger partial charge in [-0.2, -0.15) is 5.10 Å². The Morgan fingerprint density at radius 2 is 2.00 bits per heavy atom. The largest absolute Gasteiger partial charge is 0.307 e. The minimum atomic E-state index is -0.179. The second-order valence-corrected chi connectivity index (χ2v) is 3.94. The average Bonchev–Trinajstić information content (AvgIpc) is 3.12. The summed E-state index contributed by atoms with van der Waals surface area (Å²) < 4.78 is 1.87. The van der Waals surface area contributed by atoms with Crippen LogP contribution >= 0.6 is 0 Å². The molecule has 3 rings (SSSR count). The molecule has 2 N–H and O–H groups in total. The third-order valence-electron chi connectivity index (χ3n) is 2.68. The Hall–Kier alpha value is -2.89. The van der Waals surface area contributed by atoms with Gasteiger partial charge in [0.2, 0.25) is 0 Å². The van der Waals surface area contributed by atoms with Gasteiger partial charge in [0, 0.05) is 29.7 Å². The maximum Gasteiger partial charge on any atom is 0.256 e. The van der Waals surface area contributed by atoms with E-state index in [9.17, 15) is 4.79 Å². The van der Waals surface area contributed by atoms with E-state index in [2.05, 4.69) is 20.5 Å². The number of carbonyl (C=O) groups is 1. The molecular formula is C13H11N5O. The van der Waals surface area contributed by atoms with E-state index in [1.165, 1.54) is 0 Å². The summed E-state index contributed by atoms with van der Waals surface area (Å²) in [4.78, 5) is 15.9. The standard InChI is InChI=1S/C13H11N5O/c19-13(16-12-5-6-15-17-12)10-1-3-11(4-2-10)18-8-7-14-9-18/h1-9H,(H2,15,16,17,19). The zero-order valence-electron chi connectivity index (χ0n) is 9.95. The molecule has 3 aromatic rings. The van der Waals surface area contributed by atoms with Gasteiger partial charge in [0.15, 0.2) is 0 Å². The lowest BCUT2D eigenvalue weighted by Gasteiger charge is -2.05. The van der Waals surface area contributed by atoms with Crippen LogP contribution in [0, 0.1) is 0 Å². The van der Waals surface area contributed by atoms with E-state index in [1.807, 2.05) is 22.9 Å². The van der Waals surface area contributed by atoms with Crippen LogP contribution in [0.15, 0.2) is 55.2 Å². The van der Waals surface area contributed by atoms with Crippen LogP contribution in [0.3, 0.4) is 0 Å². The zero-order chi connectivity index (χ0) is 13.1. The Morgan fingerprint density at radius 3 is 2.63 bits per heavy atom. The van der Waals surface area contributed by atoms with Crippen molar-refractivity contribution in [3.8, 4) is 5.69 Å². The van der Waals surface area contributed by atoms with Crippen molar-refractivity contribution in [2.45, 2.75) is 0 Å². The highest BCUT2D eigenvalue weighted by atomic mass is 16.1. The smallest absolute Gasteiger partial charge is 0.256 e. The van der Waals surface area contributed by atoms with E-state index in [0.29, 0.717) is 11.4 Å². The highest BCUT2D eigenvalue weighted by Gasteiger charge is 2.06. The number of benzene rings is 1. The zero-order valence-corrected chi connectivity index (χ0v) is 9.95. The van der Waals surface area contributed by atoms with Crippen LogP contribution in [-0.4, -0.2) is 25.7 Å². The molecule has 19 heavy (non-hydrogen) atoms. The Labute approximate surface area is 109 Å². The molecule has 0 fully saturated rings. The number of aromatic amines is 1. The molecule has 0 aliphatic rings. The number of aromatic nitrogens is 4. The molecule has 6 heteroatoms. The highest BCUT2D eigenvalue weighted by molar-refractivity contribution is 6.03. The average molecular weight is 253 g/mol. The third-order valence-corrected chi connectivity index (χ3v) is 2.68. The molecule has 0 saturated carbocycles. The molecule has 94 valence electrons. The number of anilines is 1. The van der Waals surface area contributed by atoms with E-state index in [-0.39, 0.29) is 5.91 Å². The molecule has 0 saturated heterocycles. The molecule has 2 aromatic heterocycles. The van der Waals surface area contributed by atoms with Crippen LogP contribution in [-0.2, 0) is 0 Å². The highest BCUT2D eigenvalue weighted by Crippen LogP contribution is 2.10. The van der Waals surface area contributed by atoms with E-state index in [4.69, 9.17) is 0 Å². The van der Waals surface area contributed by atoms with E-state index in [1.54, 1.807) is 36.9 Å². The molecule has 2 heterocycles. The summed E-state index contributed by atoms with van der Waals surface area (Å²) in [5, 5.41) is 9.16. The maximum absolute atomic E-state index is 11.9. The maximum atomic E-state index is 11.9. The Bertz CT molecular complexity index is 656. The molecule has 0 aliphatic carbocycles. The first-order chi connectivity index (χ1) is 9.33. The molecule has 1 aromatic carbocycles. The summed E-state index contributed by atoms with van der Waals surface area (Å²) in [5.74, 6) is 0.394. The molecular weight excluding hydrogens is 242 g/mol. The van der Waals surface area contributed by atoms with Gasteiger partial charge < -0.3 is 9.88 Å². The van der Waals surface area contributed by atoms with Crippen molar-refractivity contribution in [1.29, 1.82) is 0 Å². The first-order valence-corrected chi connectivity index (χ1v) is 5.72. The molecule has 0 aliphatic heterocycles. The lowest BCUT2D eigenvalue weighted by molar-refractivity contribution is 0.102. The van der Waals surface area contributed by atoms with Crippen molar-refractivity contribution >= 4 is 11.7 Å². The van der Waals surface area contributed by atoms with Crippen molar-refractivity contribution in [2.24, 2.45) is 0 Å². The number of nitrogens with zero attached hydrogens (tertiary/aromatic N) is 3. The second kappa shape index (κ2) is 4.77. The summed E-state index contributed by atoms with van der Waals surface area (Å²) in [7, 11) is 0. The first-order valence-electron chi connectivity index (χ1n) is 5.72. The minimum Gasteiger partial charge on any atom is -0.307 e. The van der Waals surface area contributed by atoms with Crippen molar-refractivity contribution in [1.82, 2.24) is 19.7 Å². The van der Waals surface area contributed by atoms with E-state index < -0.39 is 0 Å². The van der Waals surface area contributed by atoms with Gasteiger partial charge in [-0.1, -0.05) is 0 Å². The third kappa shape index (κ3) is 2.37. The number of hydrogen-bond acceptors (Lipinski definition) is 3. The van der Waals surface area contributed by atoms with Crippen LogP contribution < -0.4 is 5.32 Å². The monoisotopic (exact) mass is 253 g/mol. The molecule has 6 nitrogen and oxygen atoms in total. The summed E-state index contributed by atoms with van der Waals surface area (Å²) in [6, 6.07) is 8.95. The second-order valence-electron chi connectivity index (χ2n) is 3.94. The van der Waals surface area contributed by atoms with Gasteiger partial charge in [-0.3, -0.25) is 9.89 Å². The Morgan fingerprint density at radius 1 is 1.16 bits per heavy atom. The fraction of sp³-hybridized carbons (Fsp3) is 0. The number of carbonyl (C=O) groups excluding carboxylic acids is 1. The van der Waals surface area contributed by atoms with Crippen LogP contribution in [0.1, 0.15) is 10.4 Å². The topological polar surface area (TPSA) is 75.6 Å².